The van der Waals surface area contributed by atoms with Crippen molar-refractivity contribution in [2.75, 3.05) is 7.11 Å². The van der Waals surface area contributed by atoms with Crippen molar-refractivity contribution in [2.45, 2.75) is 26.1 Å². The van der Waals surface area contributed by atoms with Crippen molar-refractivity contribution in [3.05, 3.63) is 66.9 Å². The molecule has 0 saturated heterocycles. The molecule has 0 aliphatic rings. The molecule has 13 heteroatoms. The van der Waals surface area contributed by atoms with Gasteiger partial charge in [0.05, 0.1) is 23.4 Å². The number of hydrogen-bond donors (Lipinski definition) is 1. The van der Waals surface area contributed by atoms with Crippen LogP contribution in [0.5, 0.6) is 5.75 Å². The van der Waals surface area contributed by atoms with E-state index in [0.717, 1.165) is 13.1 Å². The number of methoxy groups -OCH3 is 1. The second-order valence-corrected chi connectivity index (χ2v) is 6.94. The summed E-state index contributed by atoms with van der Waals surface area (Å²) in [5.41, 5.74) is -5.30. The Morgan fingerprint density at radius 2 is 1.81 bits per heavy atom. The van der Waals surface area contributed by atoms with Crippen LogP contribution in [-0.2, 0) is 22.8 Å². The van der Waals surface area contributed by atoms with Crippen molar-refractivity contribution < 1.29 is 36.9 Å². The normalized spacial score (nSPS) is 13.4. The molecule has 0 radical (unpaired) electrons. The first-order valence-corrected chi connectivity index (χ1v) is 9.12. The third-order valence-electron chi connectivity index (χ3n) is 4.44. The zero-order valence-electron chi connectivity index (χ0n) is 17.1. The lowest BCUT2D eigenvalue weighted by Crippen LogP contribution is -2.41. The standard InChI is InChI=1S/C19H17ClF4N2O6/c1-8(17(28)29)16(31-4)9(2)32-13-6-12(11(21)5-10(13)20)26-15(27)7-14(19(22,23)24)25(3)18(26)30/h5-7,9H,1-4H3,(H,28,29). The second-order valence-electron chi connectivity index (χ2n) is 6.54. The highest BCUT2D eigenvalue weighted by Gasteiger charge is 2.35. The van der Waals surface area contributed by atoms with E-state index in [4.69, 9.17) is 26.2 Å². The van der Waals surface area contributed by atoms with Crippen LogP contribution in [0.15, 0.2) is 39.1 Å². The molecule has 1 N–H and O–H groups in total. The first kappa shape index (κ1) is 25.0. The SMILES string of the molecule is COC(=C(C)C(=O)O)C(C)Oc1cc(-n2c(=O)cc(C(F)(F)F)n(C)c2=O)c(F)cc1Cl. The molecule has 0 amide bonds. The summed E-state index contributed by atoms with van der Waals surface area (Å²) < 4.78 is 64.6. The summed E-state index contributed by atoms with van der Waals surface area (Å²) in [7, 11) is 1.98. The molecule has 1 aromatic heterocycles. The Bertz CT molecular complexity index is 1220. The van der Waals surface area contributed by atoms with E-state index in [2.05, 4.69) is 0 Å². The number of alkyl halides is 3. The topological polar surface area (TPSA) is 99.8 Å². The molecule has 1 aromatic carbocycles. The molecule has 0 saturated carbocycles. The van der Waals surface area contributed by atoms with E-state index in [1.54, 1.807) is 0 Å². The Morgan fingerprint density at radius 3 is 2.31 bits per heavy atom. The van der Waals surface area contributed by atoms with Crippen molar-refractivity contribution in [1.29, 1.82) is 0 Å². The Balaban J connectivity index is 2.66. The van der Waals surface area contributed by atoms with Gasteiger partial charge < -0.3 is 14.6 Å². The van der Waals surface area contributed by atoms with Crippen LogP contribution in [0.1, 0.15) is 19.5 Å². The minimum Gasteiger partial charge on any atom is -0.497 e. The molecule has 2 rings (SSSR count). The number of ether oxygens (including phenoxy) is 2. The van der Waals surface area contributed by atoms with Crippen LogP contribution in [0.2, 0.25) is 5.02 Å². The maximum Gasteiger partial charge on any atom is 0.431 e. The number of rotatable bonds is 6. The number of carbonyl (C=O) groups is 1. The summed E-state index contributed by atoms with van der Waals surface area (Å²) in [6, 6.07) is 1.69. The Morgan fingerprint density at radius 1 is 1.22 bits per heavy atom. The highest BCUT2D eigenvalue weighted by atomic mass is 35.5. The second kappa shape index (κ2) is 9.07. The van der Waals surface area contributed by atoms with Crippen LogP contribution in [0.25, 0.3) is 5.69 Å². The van der Waals surface area contributed by atoms with Crippen LogP contribution in [0.4, 0.5) is 17.6 Å². The van der Waals surface area contributed by atoms with Crippen LogP contribution in [0, 0.1) is 5.82 Å². The average molecular weight is 481 g/mol. The average Bonchev–Trinajstić information content (AvgIpc) is 2.67. The molecule has 0 spiro atoms. The Labute approximate surface area is 182 Å². The fourth-order valence-corrected chi connectivity index (χ4v) is 3.07. The first-order valence-electron chi connectivity index (χ1n) is 8.75. The van der Waals surface area contributed by atoms with Gasteiger partial charge in [-0.3, -0.25) is 9.36 Å². The lowest BCUT2D eigenvalue weighted by atomic mass is 10.2. The minimum atomic E-state index is -4.99. The first-order chi connectivity index (χ1) is 14.7. The number of halogens is 5. The monoisotopic (exact) mass is 480 g/mol. The number of carboxylic acids is 1. The summed E-state index contributed by atoms with van der Waals surface area (Å²) >= 11 is 5.96. The van der Waals surface area contributed by atoms with Gasteiger partial charge in [0.25, 0.3) is 5.56 Å². The maximum atomic E-state index is 14.6. The van der Waals surface area contributed by atoms with E-state index in [1.807, 2.05) is 0 Å². The third kappa shape index (κ3) is 4.79. The van der Waals surface area contributed by atoms with Gasteiger partial charge in [-0.2, -0.15) is 13.2 Å². The molecular formula is C19H17ClF4N2O6. The summed E-state index contributed by atoms with van der Waals surface area (Å²) in [6.07, 6.45) is -6.04. The van der Waals surface area contributed by atoms with E-state index in [-0.39, 0.29) is 37.3 Å². The predicted molar refractivity (Wildman–Crippen MR) is 105 cm³/mol. The number of aliphatic carboxylic acids is 1. The molecule has 1 heterocycles. The van der Waals surface area contributed by atoms with Crippen molar-refractivity contribution in [1.82, 2.24) is 9.13 Å². The molecule has 0 aliphatic heterocycles. The summed E-state index contributed by atoms with van der Waals surface area (Å²) in [5.74, 6) is -2.85. The van der Waals surface area contributed by atoms with E-state index in [9.17, 15) is 31.9 Å². The lowest BCUT2D eigenvalue weighted by Gasteiger charge is -2.20. The molecule has 32 heavy (non-hydrogen) atoms. The number of aromatic nitrogens is 2. The highest BCUT2D eigenvalue weighted by Crippen LogP contribution is 2.32. The van der Waals surface area contributed by atoms with Gasteiger partial charge in [-0.25, -0.2) is 18.5 Å². The van der Waals surface area contributed by atoms with Crippen molar-refractivity contribution in [3.63, 3.8) is 0 Å². The molecule has 8 nitrogen and oxygen atoms in total. The highest BCUT2D eigenvalue weighted by molar-refractivity contribution is 6.32. The van der Waals surface area contributed by atoms with Gasteiger partial charge in [-0.15, -0.1) is 0 Å². The van der Waals surface area contributed by atoms with Crippen molar-refractivity contribution >= 4 is 17.6 Å². The fraction of sp³-hybridized carbons (Fsp3) is 0.316. The summed E-state index contributed by atoms with van der Waals surface area (Å²) in [4.78, 5) is 35.9. The van der Waals surface area contributed by atoms with Crippen molar-refractivity contribution in [3.8, 4) is 11.4 Å². The van der Waals surface area contributed by atoms with Gasteiger partial charge in [-0.05, 0) is 19.9 Å². The fourth-order valence-electron chi connectivity index (χ4n) is 2.87. The molecule has 174 valence electrons. The molecule has 1 unspecified atom stereocenters. The maximum absolute atomic E-state index is 14.6. The molecule has 0 aliphatic carbocycles. The number of benzene rings is 1. The van der Waals surface area contributed by atoms with Gasteiger partial charge >= 0.3 is 17.8 Å². The van der Waals surface area contributed by atoms with Crippen LogP contribution in [0.3, 0.4) is 0 Å². The molecular weight excluding hydrogens is 464 g/mol. The predicted octanol–water partition coefficient (Wildman–Crippen LogP) is 3.12. The van der Waals surface area contributed by atoms with Crippen LogP contribution < -0.4 is 16.0 Å². The zero-order chi connectivity index (χ0) is 24.5. The van der Waals surface area contributed by atoms with Gasteiger partial charge in [0.1, 0.15) is 23.0 Å². The molecule has 0 bridgehead atoms. The molecule has 2 aromatic rings. The summed E-state index contributed by atoms with van der Waals surface area (Å²) in [6.45, 7) is 2.65. The van der Waals surface area contributed by atoms with Crippen LogP contribution in [-0.4, -0.2) is 33.4 Å². The number of carboxylic acid groups (broad SMARTS) is 1. The van der Waals surface area contributed by atoms with E-state index in [1.165, 1.54) is 21.0 Å². The van der Waals surface area contributed by atoms with Gasteiger partial charge in [0, 0.05) is 19.2 Å². The van der Waals surface area contributed by atoms with E-state index >= 15 is 0 Å². The van der Waals surface area contributed by atoms with E-state index < -0.39 is 46.7 Å². The van der Waals surface area contributed by atoms with Gasteiger partial charge in [-0.1, -0.05) is 11.6 Å². The molecule has 0 fully saturated rings. The minimum absolute atomic E-state index is 0.0953. The number of hydrogen-bond acceptors (Lipinski definition) is 5. The van der Waals surface area contributed by atoms with E-state index in [0.29, 0.717) is 6.07 Å². The zero-order valence-corrected chi connectivity index (χ0v) is 17.8. The van der Waals surface area contributed by atoms with Gasteiger partial charge in [0.2, 0.25) is 0 Å². The van der Waals surface area contributed by atoms with Gasteiger partial charge in [0.15, 0.2) is 6.10 Å². The third-order valence-corrected chi connectivity index (χ3v) is 4.73. The molecule has 1 atom stereocenters. The van der Waals surface area contributed by atoms with Crippen LogP contribution >= 0.6 is 11.6 Å². The quantitative estimate of drug-likeness (QED) is 0.387. The van der Waals surface area contributed by atoms with Crippen molar-refractivity contribution in [2.24, 2.45) is 7.05 Å². The lowest BCUT2D eigenvalue weighted by molar-refractivity contribution is -0.144. The Hall–Kier alpha value is -3.28. The largest absolute Gasteiger partial charge is 0.497 e. The number of nitrogens with zero attached hydrogens (tertiary/aromatic N) is 2. The summed E-state index contributed by atoms with van der Waals surface area (Å²) in [5, 5.41) is 8.82. The Kier molecular flexibility index (Phi) is 7.08. The smallest absolute Gasteiger partial charge is 0.431 e.